The predicted octanol–water partition coefficient (Wildman–Crippen LogP) is 4.31. The van der Waals surface area contributed by atoms with E-state index in [9.17, 15) is 9.59 Å². The number of esters is 2. The molecule has 0 spiro atoms. The molecule has 0 aliphatic rings. The van der Waals surface area contributed by atoms with Gasteiger partial charge in [0.1, 0.15) is 0 Å². The number of hydrogen-bond donors (Lipinski definition) is 0. The minimum absolute atomic E-state index is 0.352. The van der Waals surface area contributed by atoms with E-state index in [0.717, 1.165) is 38.5 Å². The molecule has 0 heterocycles. The first-order valence-electron chi connectivity index (χ1n) is 9.06. The van der Waals surface area contributed by atoms with Gasteiger partial charge in [-0.3, -0.25) is 9.59 Å². The van der Waals surface area contributed by atoms with E-state index >= 15 is 0 Å². The van der Waals surface area contributed by atoms with Crippen molar-refractivity contribution in [2.24, 2.45) is 5.92 Å². The van der Waals surface area contributed by atoms with E-state index in [0.29, 0.717) is 19.6 Å². The van der Waals surface area contributed by atoms with Crippen LogP contribution in [0.5, 0.6) is 0 Å². The number of ether oxygens (including phenoxy) is 2. The van der Waals surface area contributed by atoms with Crippen molar-refractivity contribution in [1.82, 2.24) is 0 Å². The van der Waals surface area contributed by atoms with E-state index in [-0.39, 0.29) is 0 Å². The van der Waals surface area contributed by atoms with Gasteiger partial charge in [-0.15, -0.1) is 0 Å². The summed E-state index contributed by atoms with van der Waals surface area (Å²) in [5, 5.41) is 0. The highest BCUT2D eigenvalue weighted by molar-refractivity contribution is 5.94. The van der Waals surface area contributed by atoms with Gasteiger partial charge in [0, 0.05) is 0 Å². The fourth-order valence-electron chi connectivity index (χ4n) is 2.44. The summed E-state index contributed by atoms with van der Waals surface area (Å²) in [6.45, 7) is 4.57. The Labute approximate surface area is 145 Å². The monoisotopic (exact) mass is 334 g/mol. The molecular formula is C20H30O4. The minimum Gasteiger partial charge on any atom is -0.465 e. The van der Waals surface area contributed by atoms with E-state index in [4.69, 9.17) is 9.47 Å². The normalized spacial score (nSPS) is 10.6. The van der Waals surface area contributed by atoms with Gasteiger partial charge in [-0.1, -0.05) is 57.0 Å². The Morgan fingerprint density at radius 3 is 2.00 bits per heavy atom. The van der Waals surface area contributed by atoms with Crippen LogP contribution in [0.1, 0.15) is 57.9 Å². The van der Waals surface area contributed by atoms with Gasteiger partial charge in [0.05, 0.1) is 13.2 Å². The van der Waals surface area contributed by atoms with Crippen molar-refractivity contribution in [3.05, 3.63) is 35.9 Å². The highest BCUT2D eigenvalue weighted by Crippen LogP contribution is 2.16. The van der Waals surface area contributed by atoms with Crippen LogP contribution >= 0.6 is 0 Å². The van der Waals surface area contributed by atoms with Crippen LogP contribution in [0, 0.1) is 5.92 Å². The second kappa shape index (κ2) is 12.6. The van der Waals surface area contributed by atoms with Gasteiger partial charge in [0.2, 0.25) is 0 Å². The number of aryl methyl sites for hydroxylation is 1. The van der Waals surface area contributed by atoms with Gasteiger partial charge in [-0.2, -0.15) is 0 Å². The maximum atomic E-state index is 12.1. The van der Waals surface area contributed by atoms with Crippen molar-refractivity contribution >= 4 is 11.9 Å². The van der Waals surface area contributed by atoms with Gasteiger partial charge in [-0.05, 0) is 37.7 Å². The smallest absolute Gasteiger partial charge is 0.320 e. The summed E-state index contributed by atoms with van der Waals surface area (Å²) in [5.41, 5.74) is 1.32. The van der Waals surface area contributed by atoms with Crippen LogP contribution in [0.15, 0.2) is 30.3 Å². The SMILES string of the molecule is CCCOC(=O)C(CCCCCc1ccccc1)C(=O)OCCC. The van der Waals surface area contributed by atoms with Crippen molar-refractivity contribution in [1.29, 1.82) is 0 Å². The molecule has 0 atom stereocenters. The molecule has 0 fully saturated rings. The fourth-order valence-corrected chi connectivity index (χ4v) is 2.44. The molecule has 0 aliphatic carbocycles. The van der Waals surface area contributed by atoms with E-state index in [1.54, 1.807) is 0 Å². The number of rotatable bonds is 12. The summed E-state index contributed by atoms with van der Waals surface area (Å²) < 4.78 is 10.3. The molecule has 4 heteroatoms. The average Bonchev–Trinajstić information content (AvgIpc) is 2.61. The summed E-state index contributed by atoms with van der Waals surface area (Å²) in [5.74, 6) is -1.66. The quantitative estimate of drug-likeness (QED) is 0.325. The molecule has 0 unspecified atom stereocenters. The zero-order chi connectivity index (χ0) is 17.6. The predicted molar refractivity (Wildman–Crippen MR) is 94.6 cm³/mol. The van der Waals surface area contributed by atoms with Crippen LogP contribution in [0.3, 0.4) is 0 Å². The molecule has 0 radical (unpaired) electrons. The topological polar surface area (TPSA) is 52.6 Å². The lowest BCUT2D eigenvalue weighted by molar-refractivity contribution is -0.162. The third-order valence-electron chi connectivity index (χ3n) is 3.77. The third-order valence-corrected chi connectivity index (χ3v) is 3.77. The summed E-state index contributed by atoms with van der Waals surface area (Å²) in [4.78, 5) is 24.1. The summed E-state index contributed by atoms with van der Waals surface area (Å²) in [7, 11) is 0. The maximum Gasteiger partial charge on any atom is 0.320 e. The second-order valence-corrected chi connectivity index (χ2v) is 5.97. The van der Waals surface area contributed by atoms with Crippen LogP contribution in [0.25, 0.3) is 0 Å². The lowest BCUT2D eigenvalue weighted by atomic mass is 9.99. The van der Waals surface area contributed by atoms with E-state index in [1.807, 2.05) is 32.0 Å². The molecule has 0 N–H and O–H groups in total. The number of carbonyl (C=O) groups is 2. The largest absolute Gasteiger partial charge is 0.465 e. The molecule has 0 aliphatic heterocycles. The second-order valence-electron chi connectivity index (χ2n) is 5.97. The van der Waals surface area contributed by atoms with Crippen LogP contribution in [-0.4, -0.2) is 25.2 Å². The number of carbonyl (C=O) groups excluding carboxylic acids is 2. The molecule has 1 aromatic carbocycles. The summed E-state index contributed by atoms with van der Waals surface area (Å²) >= 11 is 0. The molecule has 24 heavy (non-hydrogen) atoms. The van der Waals surface area contributed by atoms with E-state index < -0.39 is 17.9 Å². The lowest BCUT2D eigenvalue weighted by Crippen LogP contribution is -2.28. The number of hydrogen-bond acceptors (Lipinski definition) is 4. The van der Waals surface area contributed by atoms with Crippen molar-refractivity contribution in [3.8, 4) is 0 Å². The summed E-state index contributed by atoms with van der Waals surface area (Å²) in [6.07, 6.45) is 5.86. The molecule has 0 saturated carbocycles. The Hall–Kier alpha value is -1.84. The van der Waals surface area contributed by atoms with Crippen molar-refractivity contribution in [3.63, 3.8) is 0 Å². The molecule has 1 aromatic rings. The molecule has 0 amide bonds. The first-order valence-corrected chi connectivity index (χ1v) is 9.06. The number of benzene rings is 1. The van der Waals surface area contributed by atoms with E-state index in [1.165, 1.54) is 5.56 Å². The first-order chi connectivity index (χ1) is 11.7. The molecule has 0 saturated heterocycles. The molecule has 0 bridgehead atoms. The van der Waals surface area contributed by atoms with Crippen molar-refractivity contribution < 1.29 is 19.1 Å². The average molecular weight is 334 g/mol. The molecule has 134 valence electrons. The summed E-state index contributed by atoms with van der Waals surface area (Å²) in [6, 6.07) is 10.3. The highest BCUT2D eigenvalue weighted by atomic mass is 16.6. The maximum absolute atomic E-state index is 12.1. The number of unbranched alkanes of at least 4 members (excludes halogenated alkanes) is 2. The van der Waals surface area contributed by atoms with Gasteiger partial charge >= 0.3 is 11.9 Å². The molecular weight excluding hydrogens is 304 g/mol. The van der Waals surface area contributed by atoms with Gasteiger partial charge in [0.15, 0.2) is 5.92 Å². The molecule has 0 aromatic heterocycles. The van der Waals surface area contributed by atoms with Gasteiger partial charge in [-0.25, -0.2) is 0 Å². The molecule has 1 rings (SSSR count). The zero-order valence-corrected chi connectivity index (χ0v) is 15.0. The Kier molecular flexibility index (Phi) is 10.6. The van der Waals surface area contributed by atoms with Crippen LogP contribution in [-0.2, 0) is 25.5 Å². The minimum atomic E-state index is -0.778. The Balaban J connectivity index is 2.37. The third kappa shape index (κ3) is 8.14. The fraction of sp³-hybridized carbons (Fsp3) is 0.600. The Morgan fingerprint density at radius 1 is 0.875 bits per heavy atom. The highest BCUT2D eigenvalue weighted by Gasteiger charge is 2.29. The van der Waals surface area contributed by atoms with Gasteiger partial charge < -0.3 is 9.47 Å². The van der Waals surface area contributed by atoms with Crippen molar-refractivity contribution in [2.75, 3.05) is 13.2 Å². The molecule has 4 nitrogen and oxygen atoms in total. The van der Waals surface area contributed by atoms with E-state index in [2.05, 4.69) is 12.1 Å². The standard InChI is InChI=1S/C20H30O4/c1-3-15-23-19(21)18(20(22)24-16-4-2)14-10-6-9-13-17-11-7-5-8-12-17/h5,7-8,11-12,18H,3-4,6,9-10,13-16H2,1-2H3. The van der Waals surface area contributed by atoms with Crippen LogP contribution < -0.4 is 0 Å². The zero-order valence-electron chi connectivity index (χ0n) is 15.0. The van der Waals surface area contributed by atoms with Crippen LogP contribution in [0.2, 0.25) is 0 Å². The van der Waals surface area contributed by atoms with Gasteiger partial charge in [0.25, 0.3) is 0 Å². The Bertz CT molecular complexity index is 450. The van der Waals surface area contributed by atoms with Crippen molar-refractivity contribution in [2.45, 2.75) is 58.8 Å². The first kappa shape index (κ1) is 20.2. The Morgan fingerprint density at radius 2 is 1.46 bits per heavy atom. The van der Waals surface area contributed by atoms with Crippen LogP contribution in [0.4, 0.5) is 0 Å². The lowest BCUT2D eigenvalue weighted by Gasteiger charge is -2.15.